The van der Waals surface area contributed by atoms with Crippen LogP contribution in [-0.2, 0) is 0 Å². The number of aromatic nitrogens is 2. The van der Waals surface area contributed by atoms with Gasteiger partial charge in [0.1, 0.15) is 0 Å². The predicted octanol–water partition coefficient (Wildman–Crippen LogP) is 5.21. The Morgan fingerprint density at radius 2 is 2.00 bits per heavy atom. The Kier molecular flexibility index (Phi) is 4.65. The zero-order valence-electron chi connectivity index (χ0n) is 11.3. The van der Waals surface area contributed by atoms with E-state index in [0.717, 1.165) is 21.8 Å². The SMILES string of the molecule is O=[N+]([O-])c1ccc(Sc2nnc(-c3ccccc3Br)o2)c(Cl)c1. The first-order valence-electron chi connectivity index (χ1n) is 6.25. The van der Waals surface area contributed by atoms with Crippen LogP contribution in [0.1, 0.15) is 0 Å². The molecule has 0 radical (unpaired) electrons. The molecule has 0 saturated carbocycles. The third-order valence-corrected chi connectivity index (χ3v) is 4.87. The number of nitro groups is 1. The van der Waals surface area contributed by atoms with Gasteiger partial charge in [0.15, 0.2) is 0 Å². The fourth-order valence-electron chi connectivity index (χ4n) is 1.77. The third-order valence-electron chi connectivity index (χ3n) is 2.83. The summed E-state index contributed by atoms with van der Waals surface area (Å²) in [5.41, 5.74) is 0.709. The second kappa shape index (κ2) is 6.69. The van der Waals surface area contributed by atoms with Crippen LogP contribution in [0.5, 0.6) is 0 Å². The lowest BCUT2D eigenvalue weighted by Gasteiger charge is -2.00. The van der Waals surface area contributed by atoms with Crippen LogP contribution in [-0.4, -0.2) is 15.1 Å². The molecule has 0 N–H and O–H groups in total. The van der Waals surface area contributed by atoms with Crippen molar-refractivity contribution in [1.82, 2.24) is 10.2 Å². The fraction of sp³-hybridized carbons (Fsp3) is 0. The first kappa shape index (κ1) is 16.0. The molecule has 1 aromatic heterocycles. The van der Waals surface area contributed by atoms with Gasteiger partial charge in [-0.2, -0.15) is 0 Å². The largest absolute Gasteiger partial charge is 0.411 e. The molecular formula is C14H7BrClN3O3S. The van der Waals surface area contributed by atoms with E-state index in [0.29, 0.717) is 16.0 Å². The summed E-state index contributed by atoms with van der Waals surface area (Å²) >= 11 is 10.6. The fourth-order valence-corrected chi connectivity index (χ4v) is 3.20. The van der Waals surface area contributed by atoms with Crippen molar-refractivity contribution in [1.29, 1.82) is 0 Å². The molecule has 3 aromatic rings. The van der Waals surface area contributed by atoms with E-state index in [1.54, 1.807) is 6.07 Å². The Bertz CT molecular complexity index is 887. The summed E-state index contributed by atoms with van der Waals surface area (Å²) in [7, 11) is 0. The first-order valence-corrected chi connectivity index (χ1v) is 8.23. The van der Waals surface area contributed by atoms with Crippen LogP contribution in [0.2, 0.25) is 5.02 Å². The van der Waals surface area contributed by atoms with Crippen molar-refractivity contribution in [3.05, 3.63) is 62.1 Å². The molecule has 6 nitrogen and oxygen atoms in total. The van der Waals surface area contributed by atoms with Crippen molar-refractivity contribution in [2.75, 3.05) is 0 Å². The molecule has 2 aromatic carbocycles. The van der Waals surface area contributed by atoms with Gasteiger partial charge in [-0.15, -0.1) is 10.2 Å². The lowest BCUT2D eigenvalue weighted by atomic mass is 10.2. The number of rotatable bonds is 4. The van der Waals surface area contributed by atoms with Crippen LogP contribution >= 0.6 is 39.3 Å². The van der Waals surface area contributed by atoms with Gasteiger partial charge >= 0.3 is 0 Å². The van der Waals surface area contributed by atoms with Crippen LogP contribution < -0.4 is 0 Å². The lowest BCUT2D eigenvalue weighted by Crippen LogP contribution is -1.87. The molecule has 23 heavy (non-hydrogen) atoms. The molecule has 0 aliphatic rings. The topological polar surface area (TPSA) is 82.1 Å². The molecule has 9 heteroatoms. The Labute approximate surface area is 148 Å². The molecule has 0 saturated heterocycles. The van der Waals surface area contributed by atoms with E-state index in [9.17, 15) is 10.1 Å². The van der Waals surface area contributed by atoms with E-state index >= 15 is 0 Å². The minimum absolute atomic E-state index is 0.0706. The molecule has 0 unspecified atom stereocenters. The highest BCUT2D eigenvalue weighted by Gasteiger charge is 2.15. The predicted molar refractivity (Wildman–Crippen MR) is 89.7 cm³/mol. The third kappa shape index (κ3) is 3.54. The van der Waals surface area contributed by atoms with E-state index < -0.39 is 4.92 Å². The maximum atomic E-state index is 10.7. The number of benzene rings is 2. The Morgan fingerprint density at radius 3 is 2.70 bits per heavy atom. The van der Waals surface area contributed by atoms with E-state index in [1.807, 2.05) is 24.3 Å². The molecule has 0 bridgehead atoms. The summed E-state index contributed by atoms with van der Waals surface area (Å²) in [5.74, 6) is 0.373. The number of hydrogen-bond acceptors (Lipinski definition) is 6. The number of nitro benzene ring substituents is 1. The number of non-ortho nitro benzene ring substituents is 1. The normalized spacial score (nSPS) is 10.7. The zero-order chi connectivity index (χ0) is 16.4. The van der Waals surface area contributed by atoms with Crippen molar-refractivity contribution >= 4 is 45.0 Å². The molecule has 0 aliphatic carbocycles. The number of nitrogens with zero attached hydrogens (tertiary/aromatic N) is 3. The minimum Gasteiger partial charge on any atom is -0.411 e. The smallest absolute Gasteiger partial charge is 0.281 e. The molecular weight excluding hydrogens is 406 g/mol. The highest BCUT2D eigenvalue weighted by atomic mass is 79.9. The maximum Gasteiger partial charge on any atom is 0.281 e. The van der Waals surface area contributed by atoms with E-state index in [1.165, 1.54) is 12.1 Å². The van der Waals surface area contributed by atoms with Gasteiger partial charge < -0.3 is 4.42 Å². The van der Waals surface area contributed by atoms with Crippen molar-refractivity contribution < 1.29 is 9.34 Å². The number of hydrogen-bond donors (Lipinski definition) is 0. The second-order valence-corrected chi connectivity index (χ2v) is 6.58. The van der Waals surface area contributed by atoms with Crippen LogP contribution in [0, 0.1) is 10.1 Å². The van der Waals surface area contributed by atoms with Gasteiger partial charge in [0, 0.05) is 21.5 Å². The maximum absolute atomic E-state index is 10.7. The van der Waals surface area contributed by atoms with Gasteiger partial charge in [0.25, 0.3) is 10.9 Å². The number of halogens is 2. The summed E-state index contributed by atoms with van der Waals surface area (Å²) in [6.45, 7) is 0. The first-order chi connectivity index (χ1) is 11.0. The van der Waals surface area contributed by atoms with E-state index in [-0.39, 0.29) is 10.7 Å². The molecule has 0 fully saturated rings. The molecule has 0 aliphatic heterocycles. The monoisotopic (exact) mass is 411 g/mol. The molecule has 0 amide bonds. The van der Waals surface area contributed by atoms with Crippen LogP contribution in [0.3, 0.4) is 0 Å². The van der Waals surface area contributed by atoms with E-state index in [4.69, 9.17) is 16.0 Å². The van der Waals surface area contributed by atoms with Crippen LogP contribution in [0.25, 0.3) is 11.5 Å². The van der Waals surface area contributed by atoms with Crippen LogP contribution in [0.4, 0.5) is 5.69 Å². The van der Waals surface area contributed by atoms with Crippen molar-refractivity contribution in [2.24, 2.45) is 0 Å². The Morgan fingerprint density at radius 1 is 1.22 bits per heavy atom. The van der Waals surface area contributed by atoms with Gasteiger partial charge in [0.2, 0.25) is 5.89 Å². The molecule has 0 atom stereocenters. The molecule has 3 rings (SSSR count). The summed E-state index contributed by atoms with van der Waals surface area (Å²) in [6, 6.07) is 11.7. The van der Waals surface area contributed by atoms with Crippen molar-refractivity contribution in [2.45, 2.75) is 10.1 Å². The zero-order valence-corrected chi connectivity index (χ0v) is 14.4. The highest BCUT2D eigenvalue weighted by Crippen LogP contribution is 2.36. The summed E-state index contributed by atoms with van der Waals surface area (Å²) in [4.78, 5) is 10.8. The Hall–Kier alpha value is -1.90. The minimum atomic E-state index is -0.502. The summed E-state index contributed by atoms with van der Waals surface area (Å²) in [5, 5.41) is 19.2. The van der Waals surface area contributed by atoms with Gasteiger partial charge in [-0.25, -0.2) is 0 Å². The average molecular weight is 413 g/mol. The van der Waals surface area contributed by atoms with E-state index in [2.05, 4.69) is 26.1 Å². The summed E-state index contributed by atoms with van der Waals surface area (Å²) < 4.78 is 6.45. The van der Waals surface area contributed by atoms with Gasteiger partial charge in [0.05, 0.1) is 15.5 Å². The lowest BCUT2D eigenvalue weighted by molar-refractivity contribution is -0.384. The van der Waals surface area contributed by atoms with Gasteiger partial charge in [-0.1, -0.05) is 23.7 Å². The average Bonchev–Trinajstić information content (AvgIpc) is 2.98. The van der Waals surface area contributed by atoms with Crippen molar-refractivity contribution in [3.8, 4) is 11.5 Å². The molecule has 0 spiro atoms. The standard InChI is InChI=1S/C14H7BrClN3O3S/c15-10-4-2-1-3-9(10)13-17-18-14(22-13)23-12-6-5-8(19(20)21)7-11(12)16/h1-7H. The summed E-state index contributed by atoms with van der Waals surface area (Å²) in [6.07, 6.45) is 0. The molecule has 116 valence electrons. The second-order valence-electron chi connectivity index (χ2n) is 4.33. The van der Waals surface area contributed by atoms with Gasteiger partial charge in [-0.05, 0) is 45.9 Å². The molecule has 1 heterocycles. The van der Waals surface area contributed by atoms with Crippen molar-refractivity contribution in [3.63, 3.8) is 0 Å². The Balaban J connectivity index is 1.85. The van der Waals surface area contributed by atoms with Gasteiger partial charge in [-0.3, -0.25) is 10.1 Å². The van der Waals surface area contributed by atoms with Crippen LogP contribution in [0.15, 0.2) is 61.5 Å². The highest BCUT2D eigenvalue weighted by molar-refractivity contribution is 9.10. The quantitative estimate of drug-likeness (QED) is 0.432.